The molecule has 1 atom stereocenters. The fourth-order valence-corrected chi connectivity index (χ4v) is 5.55. The molecule has 0 aliphatic carbocycles. The SMILES string of the molecule is Cc1ccc(CNC(=O)C(CCN2CCC3(CC2)OC(=O)Nc2ccc(F)cc23)c2ccc(Cl)c(Cl)c2)o1. The van der Waals surface area contributed by atoms with Gasteiger partial charge in [-0.3, -0.25) is 10.1 Å². The van der Waals surface area contributed by atoms with Crippen molar-refractivity contribution in [3.8, 4) is 0 Å². The Morgan fingerprint density at radius 3 is 2.63 bits per heavy atom. The van der Waals surface area contributed by atoms with Gasteiger partial charge in [0.15, 0.2) is 0 Å². The standard InChI is InChI=1S/C28H28Cl2FN3O4/c1-17-2-5-20(37-17)16-32-26(35)21(18-3-6-23(29)24(30)14-18)8-11-34-12-9-28(10-13-34)22-15-19(31)4-7-25(22)33-27(36)38-28/h2-7,14-15,21H,8-13,16H2,1H3,(H,32,35)(H,33,36). The lowest BCUT2D eigenvalue weighted by Gasteiger charge is -2.44. The summed E-state index contributed by atoms with van der Waals surface area (Å²) >= 11 is 12.4. The predicted molar refractivity (Wildman–Crippen MR) is 143 cm³/mol. The van der Waals surface area contributed by atoms with E-state index in [2.05, 4.69) is 15.5 Å². The molecule has 0 saturated carbocycles. The van der Waals surface area contributed by atoms with Gasteiger partial charge in [0, 0.05) is 31.5 Å². The Balaban J connectivity index is 1.26. The molecule has 1 spiro atoms. The lowest BCUT2D eigenvalue weighted by atomic mass is 9.82. The number of anilines is 1. The number of hydrogen-bond donors (Lipinski definition) is 2. The summed E-state index contributed by atoms with van der Waals surface area (Å²) < 4.78 is 25.4. The lowest BCUT2D eigenvalue weighted by molar-refractivity contribution is -0.123. The van der Waals surface area contributed by atoms with Gasteiger partial charge in [0.1, 0.15) is 22.9 Å². The molecule has 7 nitrogen and oxygen atoms in total. The minimum atomic E-state index is -0.863. The van der Waals surface area contributed by atoms with E-state index in [9.17, 15) is 14.0 Å². The molecular formula is C28H28Cl2FN3O4. The first-order chi connectivity index (χ1) is 18.2. The van der Waals surface area contributed by atoms with Crippen LogP contribution >= 0.6 is 23.2 Å². The summed E-state index contributed by atoms with van der Waals surface area (Å²) in [5.41, 5.74) is 1.16. The minimum Gasteiger partial charge on any atom is -0.465 e. The Hall–Kier alpha value is -3.07. The van der Waals surface area contributed by atoms with E-state index in [1.165, 1.54) is 12.1 Å². The van der Waals surface area contributed by atoms with Crippen molar-refractivity contribution in [2.24, 2.45) is 0 Å². The second kappa shape index (κ2) is 11.0. The summed E-state index contributed by atoms with van der Waals surface area (Å²) in [7, 11) is 0. The molecule has 2 aliphatic rings. The fourth-order valence-electron chi connectivity index (χ4n) is 5.25. The molecule has 2 amide bonds. The highest BCUT2D eigenvalue weighted by atomic mass is 35.5. The van der Waals surface area contributed by atoms with Crippen molar-refractivity contribution < 1.29 is 23.1 Å². The molecule has 3 heterocycles. The number of rotatable bonds is 7. The van der Waals surface area contributed by atoms with E-state index in [0.717, 1.165) is 11.3 Å². The number of amides is 2. The zero-order valence-corrected chi connectivity index (χ0v) is 22.4. The van der Waals surface area contributed by atoms with E-state index in [1.54, 1.807) is 18.2 Å². The van der Waals surface area contributed by atoms with Crippen molar-refractivity contribution in [1.29, 1.82) is 0 Å². The molecule has 1 saturated heterocycles. The third kappa shape index (κ3) is 5.67. The van der Waals surface area contributed by atoms with Gasteiger partial charge in [-0.05, 0) is 67.9 Å². The zero-order valence-electron chi connectivity index (χ0n) is 20.9. The second-order valence-corrected chi connectivity index (χ2v) is 10.6. The van der Waals surface area contributed by atoms with Crippen molar-refractivity contribution in [2.75, 3.05) is 25.0 Å². The number of furan rings is 1. The van der Waals surface area contributed by atoms with Crippen LogP contribution in [0.5, 0.6) is 0 Å². The number of hydrogen-bond acceptors (Lipinski definition) is 5. The number of fused-ring (bicyclic) bond motifs is 2. The molecule has 38 heavy (non-hydrogen) atoms. The average Bonchev–Trinajstić information content (AvgIpc) is 3.31. The topological polar surface area (TPSA) is 83.8 Å². The van der Waals surface area contributed by atoms with Crippen LogP contribution in [0.1, 0.15) is 47.8 Å². The Kier molecular flexibility index (Phi) is 7.66. The number of aryl methyl sites for hydroxylation is 1. The molecule has 5 rings (SSSR count). The molecule has 0 radical (unpaired) electrons. The molecule has 2 aromatic carbocycles. The molecular weight excluding hydrogens is 532 g/mol. The highest BCUT2D eigenvalue weighted by Gasteiger charge is 2.44. The van der Waals surface area contributed by atoms with Crippen molar-refractivity contribution in [3.05, 3.63) is 87.0 Å². The number of nitrogens with one attached hydrogen (secondary N) is 2. The first kappa shape index (κ1) is 26.5. The number of nitrogens with zero attached hydrogens (tertiary/aromatic N) is 1. The summed E-state index contributed by atoms with van der Waals surface area (Å²) in [5, 5.41) is 6.45. The molecule has 10 heteroatoms. The van der Waals surface area contributed by atoms with Crippen LogP contribution in [0.4, 0.5) is 14.9 Å². The highest BCUT2D eigenvalue weighted by molar-refractivity contribution is 6.42. The summed E-state index contributed by atoms with van der Waals surface area (Å²) in [6, 6.07) is 13.3. The third-order valence-electron chi connectivity index (χ3n) is 7.29. The van der Waals surface area contributed by atoms with Gasteiger partial charge in [-0.25, -0.2) is 9.18 Å². The van der Waals surface area contributed by atoms with Gasteiger partial charge < -0.3 is 19.4 Å². The first-order valence-electron chi connectivity index (χ1n) is 12.5. The van der Waals surface area contributed by atoms with Crippen LogP contribution in [0.2, 0.25) is 10.0 Å². The third-order valence-corrected chi connectivity index (χ3v) is 8.03. The maximum atomic E-state index is 14.0. The van der Waals surface area contributed by atoms with E-state index in [4.69, 9.17) is 32.4 Å². The minimum absolute atomic E-state index is 0.136. The zero-order chi connectivity index (χ0) is 26.9. The van der Waals surface area contributed by atoms with Gasteiger partial charge in [-0.15, -0.1) is 0 Å². The van der Waals surface area contributed by atoms with Gasteiger partial charge in [-0.2, -0.15) is 0 Å². The van der Waals surface area contributed by atoms with Crippen LogP contribution in [-0.2, 0) is 21.7 Å². The number of likely N-dealkylation sites (tertiary alicyclic amines) is 1. The molecule has 1 fully saturated rings. The maximum Gasteiger partial charge on any atom is 0.412 e. The van der Waals surface area contributed by atoms with Crippen LogP contribution in [0.15, 0.2) is 52.9 Å². The van der Waals surface area contributed by atoms with Crippen LogP contribution in [0.25, 0.3) is 0 Å². The van der Waals surface area contributed by atoms with Crippen molar-refractivity contribution >= 4 is 40.9 Å². The lowest BCUT2D eigenvalue weighted by Crippen LogP contribution is -2.48. The first-order valence-corrected chi connectivity index (χ1v) is 13.3. The molecule has 1 unspecified atom stereocenters. The number of carbonyl (C=O) groups is 2. The maximum absolute atomic E-state index is 14.0. The van der Waals surface area contributed by atoms with Gasteiger partial charge >= 0.3 is 6.09 Å². The van der Waals surface area contributed by atoms with Gasteiger partial charge in [0.2, 0.25) is 5.91 Å². The quantitative estimate of drug-likeness (QED) is 0.351. The van der Waals surface area contributed by atoms with E-state index in [-0.39, 0.29) is 18.3 Å². The second-order valence-electron chi connectivity index (χ2n) is 9.79. The molecule has 2 N–H and O–H groups in total. The summed E-state index contributed by atoms with van der Waals surface area (Å²) in [5.74, 6) is 0.498. The van der Waals surface area contributed by atoms with Gasteiger partial charge in [0.05, 0.1) is 28.2 Å². The molecule has 200 valence electrons. The van der Waals surface area contributed by atoms with Crippen LogP contribution in [0, 0.1) is 12.7 Å². The Morgan fingerprint density at radius 1 is 1.13 bits per heavy atom. The normalized spacial score (nSPS) is 17.4. The fraction of sp³-hybridized carbons (Fsp3) is 0.357. The Labute approximate surface area is 230 Å². The number of ether oxygens (including phenoxy) is 1. The van der Waals surface area contributed by atoms with Gasteiger partial charge in [0.25, 0.3) is 0 Å². The molecule has 2 aliphatic heterocycles. The van der Waals surface area contributed by atoms with Crippen LogP contribution in [0.3, 0.4) is 0 Å². The Bertz CT molecular complexity index is 1350. The number of carbonyl (C=O) groups excluding carboxylic acids is 2. The highest BCUT2D eigenvalue weighted by Crippen LogP contribution is 2.44. The Morgan fingerprint density at radius 2 is 1.92 bits per heavy atom. The summed E-state index contributed by atoms with van der Waals surface area (Å²) in [4.78, 5) is 27.7. The van der Waals surface area contributed by atoms with E-state index in [0.29, 0.717) is 66.0 Å². The largest absolute Gasteiger partial charge is 0.465 e. The van der Waals surface area contributed by atoms with E-state index < -0.39 is 17.6 Å². The van der Waals surface area contributed by atoms with Crippen LogP contribution < -0.4 is 10.6 Å². The molecule has 1 aromatic heterocycles. The summed E-state index contributed by atoms with van der Waals surface area (Å²) in [6.45, 7) is 4.03. The van der Waals surface area contributed by atoms with E-state index in [1.807, 2.05) is 25.1 Å². The monoisotopic (exact) mass is 559 g/mol. The van der Waals surface area contributed by atoms with Crippen molar-refractivity contribution in [2.45, 2.75) is 44.2 Å². The van der Waals surface area contributed by atoms with Crippen LogP contribution in [-0.4, -0.2) is 36.5 Å². The molecule has 3 aromatic rings. The smallest absolute Gasteiger partial charge is 0.412 e. The number of benzene rings is 2. The van der Waals surface area contributed by atoms with E-state index >= 15 is 0 Å². The average molecular weight is 560 g/mol. The van der Waals surface area contributed by atoms with Gasteiger partial charge in [-0.1, -0.05) is 29.3 Å². The van der Waals surface area contributed by atoms with Crippen molar-refractivity contribution in [1.82, 2.24) is 10.2 Å². The summed E-state index contributed by atoms with van der Waals surface area (Å²) in [6.07, 6.45) is 1.07. The van der Waals surface area contributed by atoms with Crippen molar-refractivity contribution in [3.63, 3.8) is 0 Å². The predicted octanol–water partition coefficient (Wildman–Crippen LogP) is 6.38. The number of halogens is 3. The molecule has 0 bridgehead atoms. The number of piperidine rings is 1.